The second kappa shape index (κ2) is 7.16. The number of aromatic nitrogens is 2. The van der Waals surface area contributed by atoms with Gasteiger partial charge in [-0.25, -0.2) is 4.79 Å². The van der Waals surface area contributed by atoms with E-state index < -0.39 is 49.5 Å². The summed E-state index contributed by atoms with van der Waals surface area (Å²) in [5.41, 5.74) is -1.47. The van der Waals surface area contributed by atoms with Crippen LogP contribution in [0, 0.1) is 0 Å². The molecule has 108 valence electrons. The van der Waals surface area contributed by atoms with Crippen LogP contribution < -0.4 is 11.2 Å². The van der Waals surface area contributed by atoms with E-state index in [2.05, 4.69) is 0 Å². The van der Waals surface area contributed by atoms with Crippen LogP contribution in [-0.4, -0.2) is 62.0 Å². The van der Waals surface area contributed by atoms with Gasteiger partial charge in [-0.05, 0) is 0 Å². The van der Waals surface area contributed by atoms with E-state index in [0.29, 0.717) is 0 Å². The summed E-state index contributed by atoms with van der Waals surface area (Å²) in [7, 11) is 0. The van der Waals surface area contributed by atoms with Crippen LogP contribution in [0.25, 0.3) is 0 Å². The van der Waals surface area contributed by atoms with E-state index in [-0.39, 0.29) is 0 Å². The number of rotatable bonds is 7. The molecule has 0 aromatic carbocycles. The normalized spacial score (nSPS) is 14.6. The molecule has 9 nitrogen and oxygen atoms in total. The van der Waals surface area contributed by atoms with Gasteiger partial charge in [0, 0.05) is 12.3 Å². The highest BCUT2D eigenvalue weighted by molar-refractivity contribution is 4.86. The number of aromatic amines is 1. The molecule has 1 heterocycles. The van der Waals surface area contributed by atoms with Gasteiger partial charge in [0.2, 0.25) is 0 Å². The molecule has 1 aromatic heterocycles. The van der Waals surface area contributed by atoms with Crippen molar-refractivity contribution in [3.63, 3.8) is 0 Å². The molecule has 19 heavy (non-hydrogen) atoms. The molecular formula is C10H16N2O7. The monoisotopic (exact) mass is 276 g/mol. The minimum atomic E-state index is -1.47. The van der Waals surface area contributed by atoms with Crippen molar-refractivity contribution in [2.75, 3.05) is 19.8 Å². The average Bonchev–Trinajstić information content (AvgIpc) is 2.40. The van der Waals surface area contributed by atoms with Gasteiger partial charge in [-0.3, -0.25) is 14.3 Å². The first-order chi connectivity index (χ1) is 9.03. The second-order valence-electron chi connectivity index (χ2n) is 3.78. The number of aliphatic hydroxyl groups is 4. The lowest BCUT2D eigenvalue weighted by Crippen LogP contribution is -2.41. The van der Waals surface area contributed by atoms with Gasteiger partial charge in [0.15, 0.2) is 6.23 Å². The molecule has 2 atom stereocenters. The van der Waals surface area contributed by atoms with Gasteiger partial charge in [-0.2, -0.15) is 0 Å². The maximum absolute atomic E-state index is 11.6. The van der Waals surface area contributed by atoms with Gasteiger partial charge in [0.25, 0.3) is 5.56 Å². The summed E-state index contributed by atoms with van der Waals surface area (Å²) >= 11 is 0. The molecule has 0 aliphatic carbocycles. The third kappa shape index (κ3) is 3.98. The molecule has 5 N–H and O–H groups in total. The van der Waals surface area contributed by atoms with Crippen molar-refractivity contribution in [3.05, 3.63) is 33.1 Å². The van der Waals surface area contributed by atoms with Gasteiger partial charge < -0.3 is 25.2 Å². The number of hydrogen-bond donors (Lipinski definition) is 5. The zero-order valence-electron chi connectivity index (χ0n) is 9.97. The fraction of sp³-hybridized carbons (Fsp3) is 0.600. The molecule has 1 rings (SSSR count). The third-order valence-corrected chi connectivity index (χ3v) is 2.38. The molecule has 9 heteroatoms. The van der Waals surface area contributed by atoms with E-state index in [0.717, 1.165) is 16.8 Å². The lowest BCUT2D eigenvalue weighted by molar-refractivity contribution is -0.151. The summed E-state index contributed by atoms with van der Waals surface area (Å²) in [6.07, 6.45) is -2.77. The fourth-order valence-electron chi connectivity index (χ4n) is 1.40. The molecule has 0 unspecified atom stereocenters. The van der Waals surface area contributed by atoms with Gasteiger partial charge in [0.05, 0.1) is 19.8 Å². The molecule has 1 aromatic rings. The van der Waals surface area contributed by atoms with Crippen molar-refractivity contribution in [1.29, 1.82) is 0 Å². The number of aliphatic hydroxyl groups excluding tert-OH is 4. The molecule has 0 bridgehead atoms. The molecule has 0 fully saturated rings. The van der Waals surface area contributed by atoms with E-state index in [1.54, 1.807) is 0 Å². The van der Waals surface area contributed by atoms with Gasteiger partial charge in [0.1, 0.15) is 12.2 Å². The van der Waals surface area contributed by atoms with E-state index in [9.17, 15) is 14.7 Å². The van der Waals surface area contributed by atoms with E-state index in [4.69, 9.17) is 20.1 Å². The van der Waals surface area contributed by atoms with Crippen LogP contribution >= 0.6 is 0 Å². The number of ether oxygens (including phenoxy) is 1. The Morgan fingerprint density at radius 3 is 2.32 bits per heavy atom. The van der Waals surface area contributed by atoms with Gasteiger partial charge >= 0.3 is 5.69 Å². The van der Waals surface area contributed by atoms with E-state index in [1.165, 1.54) is 0 Å². The van der Waals surface area contributed by atoms with Crippen LogP contribution in [0.4, 0.5) is 0 Å². The van der Waals surface area contributed by atoms with Crippen LogP contribution in [-0.2, 0) is 4.74 Å². The predicted octanol–water partition coefficient (Wildman–Crippen LogP) is -3.24. The van der Waals surface area contributed by atoms with Crippen molar-refractivity contribution >= 4 is 0 Å². The summed E-state index contributed by atoms with van der Waals surface area (Å²) in [5, 5.41) is 36.4. The lowest BCUT2D eigenvalue weighted by atomic mass is 10.3. The van der Waals surface area contributed by atoms with Crippen LogP contribution in [0.5, 0.6) is 0 Å². The van der Waals surface area contributed by atoms with Crippen molar-refractivity contribution < 1.29 is 25.2 Å². The molecule has 0 saturated carbocycles. The zero-order chi connectivity index (χ0) is 14.4. The SMILES string of the molecule is O=c1ccn([C@H](OC(CO)CO)[C@H](O)CO)c(=O)[nH]1. The summed E-state index contributed by atoms with van der Waals surface area (Å²) in [6.45, 7) is -1.79. The first-order valence-corrected chi connectivity index (χ1v) is 5.51. The van der Waals surface area contributed by atoms with Crippen molar-refractivity contribution in [2.24, 2.45) is 0 Å². The minimum absolute atomic E-state index is 0.538. The molecule has 0 saturated heterocycles. The second-order valence-corrected chi connectivity index (χ2v) is 3.78. The Morgan fingerprint density at radius 1 is 1.21 bits per heavy atom. The quantitative estimate of drug-likeness (QED) is 0.352. The highest BCUT2D eigenvalue weighted by Gasteiger charge is 2.25. The number of nitrogens with zero attached hydrogens (tertiary/aromatic N) is 1. The Kier molecular flexibility index (Phi) is 5.86. The van der Waals surface area contributed by atoms with E-state index >= 15 is 0 Å². The van der Waals surface area contributed by atoms with E-state index in [1.807, 2.05) is 4.98 Å². The highest BCUT2D eigenvalue weighted by atomic mass is 16.5. The summed E-state index contributed by atoms with van der Waals surface area (Å²) in [6, 6.07) is 1.04. The smallest absolute Gasteiger partial charge is 0.330 e. The minimum Gasteiger partial charge on any atom is -0.394 e. The number of H-pyrrole nitrogens is 1. The Balaban J connectivity index is 3.09. The van der Waals surface area contributed by atoms with Crippen LogP contribution in [0.3, 0.4) is 0 Å². The number of hydrogen-bond acceptors (Lipinski definition) is 7. The third-order valence-electron chi connectivity index (χ3n) is 2.38. The van der Waals surface area contributed by atoms with Crippen molar-refractivity contribution in [3.8, 4) is 0 Å². The summed E-state index contributed by atoms with van der Waals surface area (Å²) < 4.78 is 5.99. The highest BCUT2D eigenvalue weighted by Crippen LogP contribution is 2.13. The molecule has 0 radical (unpaired) electrons. The Hall–Kier alpha value is -1.52. The average molecular weight is 276 g/mol. The predicted molar refractivity (Wildman–Crippen MR) is 62.5 cm³/mol. The lowest BCUT2D eigenvalue weighted by Gasteiger charge is -2.26. The Bertz CT molecular complexity index is 493. The molecule has 0 amide bonds. The summed E-state index contributed by atoms with van der Waals surface area (Å²) in [5.74, 6) is 0. The van der Waals surface area contributed by atoms with Crippen LogP contribution in [0.15, 0.2) is 21.9 Å². The first kappa shape index (κ1) is 15.5. The van der Waals surface area contributed by atoms with Gasteiger partial charge in [-0.1, -0.05) is 0 Å². The van der Waals surface area contributed by atoms with Crippen molar-refractivity contribution in [1.82, 2.24) is 9.55 Å². The summed E-state index contributed by atoms with van der Waals surface area (Å²) in [4.78, 5) is 24.5. The van der Waals surface area contributed by atoms with Gasteiger partial charge in [-0.15, -0.1) is 0 Å². The molecule has 0 spiro atoms. The molecule has 0 aliphatic heterocycles. The van der Waals surface area contributed by atoms with Crippen molar-refractivity contribution in [2.45, 2.75) is 18.4 Å². The molecule has 0 aliphatic rings. The maximum atomic E-state index is 11.6. The maximum Gasteiger partial charge on any atom is 0.330 e. The Labute approximate surface area is 107 Å². The zero-order valence-corrected chi connectivity index (χ0v) is 9.97. The standard InChI is InChI=1S/C10H16N2O7/c13-3-6(4-14)19-9(7(16)5-15)12-2-1-8(17)11-10(12)18/h1-2,6-7,9,13-16H,3-5H2,(H,11,17,18)/t7-,9-/m1/s1. The largest absolute Gasteiger partial charge is 0.394 e. The number of nitrogens with one attached hydrogen (secondary N) is 1. The van der Waals surface area contributed by atoms with Crippen LogP contribution in [0.1, 0.15) is 6.23 Å². The molecular weight excluding hydrogens is 260 g/mol. The topological polar surface area (TPSA) is 145 Å². The van der Waals surface area contributed by atoms with Crippen LogP contribution in [0.2, 0.25) is 0 Å². The first-order valence-electron chi connectivity index (χ1n) is 5.51. The fourth-order valence-corrected chi connectivity index (χ4v) is 1.40. The Morgan fingerprint density at radius 2 is 1.84 bits per heavy atom.